The summed E-state index contributed by atoms with van der Waals surface area (Å²) in [6.45, 7) is 0.737. The van der Waals surface area contributed by atoms with Gasteiger partial charge in [-0.05, 0) is 48.0 Å². The van der Waals surface area contributed by atoms with E-state index in [9.17, 15) is 0 Å². The molecule has 0 aliphatic rings. The topological polar surface area (TPSA) is 43.4 Å². The Morgan fingerprint density at radius 3 is 2.39 bits per heavy atom. The molecule has 0 spiro atoms. The molecule has 3 aromatic rings. The molecule has 0 atom stereocenters. The van der Waals surface area contributed by atoms with Crippen LogP contribution >= 0.6 is 0 Å². The fourth-order valence-electron chi connectivity index (χ4n) is 2.18. The number of aromatic nitrogens is 1. The lowest BCUT2D eigenvalue weighted by molar-refractivity contribution is 0.379. The van der Waals surface area contributed by atoms with Crippen molar-refractivity contribution in [1.29, 1.82) is 0 Å². The molecule has 0 saturated heterocycles. The molecular weight excluding hydrogens is 288 g/mol. The zero-order chi connectivity index (χ0) is 15.9. The predicted octanol–water partition coefficient (Wildman–Crippen LogP) is 4.49. The van der Waals surface area contributed by atoms with Gasteiger partial charge in [0.25, 0.3) is 0 Å². The quantitative estimate of drug-likeness (QED) is 0.728. The molecule has 0 saturated carbocycles. The van der Waals surface area contributed by atoms with Gasteiger partial charge < -0.3 is 14.8 Å². The van der Waals surface area contributed by atoms with E-state index in [1.807, 2.05) is 66.9 Å². The minimum atomic E-state index is 0.700. The van der Waals surface area contributed by atoms with Gasteiger partial charge in [0.05, 0.1) is 7.11 Å². The summed E-state index contributed by atoms with van der Waals surface area (Å²) in [5, 5.41) is 3.35. The fraction of sp³-hybridized carbons (Fsp3) is 0.105. The molecule has 4 nitrogen and oxygen atoms in total. The van der Waals surface area contributed by atoms with Crippen molar-refractivity contribution < 1.29 is 9.47 Å². The molecule has 0 fully saturated rings. The maximum atomic E-state index is 5.86. The number of anilines is 1. The molecule has 0 aliphatic carbocycles. The van der Waals surface area contributed by atoms with E-state index in [4.69, 9.17) is 9.47 Å². The lowest BCUT2D eigenvalue weighted by atomic mass is 10.2. The summed E-state index contributed by atoms with van der Waals surface area (Å²) >= 11 is 0. The Hall–Kier alpha value is -3.01. The van der Waals surface area contributed by atoms with Crippen LogP contribution in [0.4, 0.5) is 5.69 Å². The molecule has 23 heavy (non-hydrogen) atoms. The van der Waals surface area contributed by atoms with Crippen molar-refractivity contribution in [2.24, 2.45) is 0 Å². The van der Waals surface area contributed by atoms with E-state index in [2.05, 4.69) is 10.3 Å². The van der Waals surface area contributed by atoms with E-state index >= 15 is 0 Å². The number of para-hydroxylation sites is 2. The molecule has 3 rings (SSSR count). The Bertz CT molecular complexity index is 743. The molecule has 1 aromatic heterocycles. The van der Waals surface area contributed by atoms with Gasteiger partial charge in [0.2, 0.25) is 0 Å². The lowest BCUT2D eigenvalue weighted by Crippen LogP contribution is -1.99. The summed E-state index contributed by atoms with van der Waals surface area (Å²) in [5.74, 6) is 2.18. The second-order valence-corrected chi connectivity index (χ2v) is 4.99. The Kier molecular flexibility index (Phi) is 4.74. The molecular formula is C19H18N2O2. The monoisotopic (exact) mass is 306 g/mol. The van der Waals surface area contributed by atoms with E-state index in [1.165, 1.54) is 0 Å². The van der Waals surface area contributed by atoms with E-state index in [1.54, 1.807) is 13.3 Å². The molecule has 0 aliphatic heterocycles. The van der Waals surface area contributed by atoms with Crippen LogP contribution in [0.3, 0.4) is 0 Å². The van der Waals surface area contributed by atoms with Gasteiger partial charge in [-0.1, -0.05) is 18.2 Å². The Morgan fingerprint density at radius 2 is 1.70 bits per heavy atom. The number of pyridine rings is 1. The van der Waals surface area contributed by atoms with Gasteiger partial charge in [-0.2, -0.15) is 0 Å². The smallest absolute Gasteiger partial charge is 0.169 e. The summed E-state index contributed by atoms with van der Waals surface area (Å²) in [6.07, 6.45) is 3.62. The summed E-state index contributed by atoms with van der Waals surface area (Å²) < 4.78 is 11.1. The second kappa shape index (κ2) is 7.31. The molecule has 2 aromatic carbocycles. The average molecular weight is 306 g/mol. The summed E-state index contributed by atoms with van der Waals surface area (Å²) in [7, 11) is 1.63. The molecule has 0 radical (unpaired) electrons. The van der Waals surface area contributed by atoms with Crippen LogP contribution in [0.25, 0.3) is 0 Å². The molecule has 0 amide bonds. The maximum Gasteiger partial charge on any atom is 0.169 e. The Morgan fingerprint density at radius 1 is 0.913 bits per heavy atom. The third-order valence-electron chi connectivity index (χ3n) is 3.37. The molecule has 116 valence electrons. The van der Waals surface area contributed by atoms with Crippen LogP contribution < -0.4 is 14.8 Å². The van der Waals surface area contributed by atoms with E-state index in [0.717, 1.165) is 23.5 Å². The van der Waals surface area contributed by atoms with E-state index in [-0.39, 0.29) is 0 Å². The minimum absolute atomic E-state index is 0.700. The van der Waals surface area contributed by atoms with Crippen LogP contribution in [0.2, 0.25) is 0 Å². The highest BCUT2D eigenvalue weighted by molar-refractivity contribution is 5.49. The van der Waals surface area contributed by atoms with E-state index < -0.39 is 0 Å². The average Bonchev–Trinajstić information content (AvgIpc) is 2.62. The van der Waals surface area contributed by atoms with Crippen LogP contribution in [0, 0.1) is 0 Å². The third kappa shape index (κ3) is 4.01. The molecule has 4 heteroatoms. The zero-order valence-corrected chi connectivity index (χ0v) is 12.9. The van der Waals surface area contributed by atoms with Crippen LogP contribution in [-0.2, 0) is 6.54 Å². The maximum absolute atomic E-state index is 5.86. The van der Waals surface area contributed by atoms with Crippen molar-refractivity contribution in [3.8, 4) is 17.2 Å². The first-order valence-electron chi connectivity index (χ1n) is 7.39. The number of methoxy groups -OCH3 is 1. The summed E-state index contributed by atoms with van der Waals surface area (Å²) in [4.78, 5) is 4.10. The minimum Gasteiger partial charge on any atom is -0.493 e. The van der Waals surface area contributed by atoms with Gasteiger partial charge in [-0.25, -0.2) is 0 Å². The number of ether oxygens (including phenoxy) is 2. The number of rotatable bonds is 6. The van der Waals surface area contributed by atoms with Crippen LogP contribution in [0.5, 0.6) is 17.2 Å². The highest BCUT2D eigenvalue weighted by Gasteiger charge is 2.04. The van der Waals surface area contributed by atoms with Crippen LogP contribution in [0.15, 0.2) is 73.1 Å². The Balaban J connectivity index is 1.63. The van der Waals surface area contributed by atoms with Crippen LogP contribution in [-0.4, -0.2) is 12.1 Å². The highest BCUT2D eigenvalue weighted by atomic mass is 16.5. The second-order valence-electron chi connectivity index (χ2n) is 4.99. The SMILES string of the molecule is COc1ccccc1Oc1ccc(NCc2cccnc2)cc1. The molecule has 0 unspecified atom stereocenters. The third-order valence-corrected chi connectivity index (χ3v) is 3.37. The number of hydrogen-bond acceptors (Lipinski definition) is 4. The highest BCUT2D eigenvalue weighted by Crippen LogP contribution is 2.31. The van der Waals surface area contributed by atoms with Crippen molar-refractivity contribution in [1.82, 2.24) is 4.98 Å². The van der Waals surface area contributed by atoms with Gasteiger partial charge in [0.1, 0.15) is 5.75 Å². The van der Waals surface area contributed by atoms with Crippen molar-refractivity contribution >= 4 is 5.69 Å². The molecule has 0 bridgehead atoms. The first-order valence-corrected chi connectivity index (χ1v) is 7.39. The van der Waals surface area contributed by atoms with Gasteiger partial charge in [-0.3, -0.25) is 4.98 Å². The van der Waals surface area contributed by atoms with Gasteiger partial charge >= 0.3 is 0 Å². The standard InChI is InChI=1S/C19H18N2O2/c1-22-18-6-2-3-7-19(18)23-17-10-8-16(9-11-17)21-14-15-5-4-12-20-13-15/h2-13,21H,14H2,1H3. The normalized spacial score (nSPS) is 10.1. The molecule has 1 heterocycles. The number of nitrogens with zero attached hydrogens (tertiary/aromatic N) is 1. The van der Waals surface area contributed by atoms with Crippen molar-refractivity contribution in [2.75, 3.05) is 12.4 Å². The summed E-state index contributed by atoms with van der Waals surface area (Å²) in [5.41, 5.74) is 2.17. The Labute approximate surface area is 135 Å². The van der Waals surface area contributed by atoms with Crippen molar-refractivity contribution in [2.45, 2.75) is 6.54 Å². The predicted molar refractivity (Wildman–Crippen MR) is 91.1 cm³/mol. The van der Waals surface area contributed by atoms with Crippen molar-refractivity contribution in [3.05, 3.63) is 78.6 Å². The van der Waals surface area contributed by atoms with Crippen LogP contribution in [0.1, 0.15) is 5.56 Å². The number of hydrogen-bond donors (Lipinski definition) is 1. The zero-order valence-electron chi connectivity index (χ0n) is 12.9. The first kappa shape index (κ1) is 14.9. The van der Waals surface area contributed by atoms with E-state index in [0.29, 0.717) is 11.5 Å². The first-order chi connectivity index (χ1) is 11.3. The van der Waals surface area contributed by atoms with Gasteiger partial charge in [0, 0.05) is 24.6 Å². The lowest BCUT2D eigenvalue weighted by Gasteiger charge is -2.11. The number of benzene rings is 2. The summed E-state index contributed by atoms with van der Waals surface area (Å²) in [6, 6.07) is 19.4. The largest absolute Gasteiger partial charge is 0.493 e. The van der Waals surface area contributed by atoms with Gasteiger partial charge in [0.15, 0.2) is 11.5 Å². The fourth-order valence-corrected chi connectivity index (χ4v) is 2.18. The van der Waals surface area contributed by atoms with Crippen molar-refractivity contribution in [3.63, 3.8) is 0 Å². The molecule has 1 N–H and O–H groups in total. The number of nitrogens with one attached hydrogen (secondary N) is 1. The van der Waals surface area contributed by atoms with Gasteiger partial charge in [-0.15, -0.1) is 0 Å².